The molecule has 0 spiro atoms. The van der Waals surface area contributed by atoms with Gasteiger partial charge in [0.25, 0.3) is 0 Å². The number of H-pyrrole nitrogens is 1. The first-order valence-electron chi connectivity index (χ1n) is 8.34. The third-order valence-electron chi connectivity index (χ3n) is 4.64. The van der Waals surface area contributed by atoms with Gasteiger partial charge in [0, 0.05) is 17.7 Å². The Hall–Kier alpha value is -2.83. The number of aryl methyl sites for hydroxylation is 1. The van der Waals surface area contributed by atoms with Crippen molar-refractivity contribution in [1.82, 2.24) is 20.3 Å². The number of ether oxygens (including phenoxy) is 2. The van der Waals surface area contributed by atoms with E-state index in [1.165, 1.54) is 11.3 Å². The monoisotopic (exact) mass is 340 g/mol. The van der Waals surface area contributed by atoms with E-state index in [9.17, 15) is 0 Å². The molecule has 7 heteroatoms. The summed E-state index contributed by atoms with van der Waals surface area (Å²) >= 11 is 0. The lowest BCUT2D eigenvalue weighted by atomic mass is 9.87. The van der Waals surface area contributed by atoms with E-state index in [0.29, 0.717) is 29.6 Å². The van der Waals surface area contributed by atoms with Crippen molar-refractivity contribution >= 4 is 0 Å². The van der Waals surface area contributed by atoms with Crippen LogP contribution in [0.25, 0.3) is 0 Å². The van der Waals surface area contributed by atoms with Gasteiger partial charge in [0.2, 0.25) is 5.89 Å². The Morgan fingerprint density at radius 2 is 2.12 bits per heavy atom. The number of nitrogens with one attached hydrogen (secondary N) is 1. The fraction of sp³-hybridized carbons (Fsp3) is 0.389. The van der Waals surface area contributed by atoms with Crippen LogP contribution in [0.1, 0.15) is 47.3 Å². The third-order valence-corrected chi connectivity index (χ3v) is 4.64. The number of rotatable bonds is 5. The van der Waals surface area contributed by atoms with Crippen LogP contribution in [0, 0.1) is 0 Å². The molecular formula is C18H20N4O3. The highest BCUT2D eigenvalue weighted by atomic mass is 16.5. The van der Waals surface area contributed by atoms with Gasteiger partial charge < -0.3 is 14.0 Å². The van der Waals surface area contributed by atoms with E-state index >= 15 is 0 Å². The number of hydrogen-bond acceptors (Lipinski definition) is 6. The molecule has 1 aliphatic rings. The third kappa shape index (κ3) is 2.97. The van der Waals surface area contributed by atoms with Crippen molar-refractivity contribution in [2.75, 3.05) is 14.2 Å². The Morgan fingerprint density at radius 1 is 1.24 bits per heavy atom. The molecule has 0 bridgehead atoms. The van der Waals surface area contributed by atoms with Crippen LogP contribution in [0.3, 0.4) is 0 Å². The average Bonchev–Trinajstić information content (AvgIpc) is 3.30. The molecule has 0 radical (unpaired) electrons. The van der Waals surface area contributed by atoms with Crippen LogP contribution in [0.15, 0.2) is 28.9 Å². The maximum Gasteiger partial charge on any atom is 0.234 e. The number of nitrogens with zero attached hydrogens (tertiary/aromatic N) is 3. The molecule has 0 saturated carbocycles. The van der Waals surface area contributed by atoms with Crippen molar-refractivity contribution in [2.24, 2.45) is 0 Å². The maximum atomic E-state index is 5.55. The standard InChI is InChI=1S/C18H20N4O3/c1-23-15-7-6-11(8-16(15)24-2)9-17-20-18(25-22-17)12-4-3-5-14-13(12)10-19-21-14/h6-8,10,12H,3-5,9H2,1-2H3,(H,19,21)/t12-/m0/s1. The lowest BCUT2D eigenvalue weighted by molar-refractivity contribution is 0.350. The second kappa shape index (κ2) is 6.58. The molecule has 4 rings (SSSR count). The summed E-state index contributed by atoms with van der Waals surface area (Å²) in [5.41, 5.74) is 3.39. The summed E-state index contributed by atoms with van der Waals surface area (Å²) in [6.07, 6.45) is 5.57. The minimum absolute atomic E-state index is 0.133. The van der Waals surface area contributed by atoms with Crippen LogP contribution >= 0.6 is 0 Å². The first-order chi connectivity index (χ1) is 12.3. The van der Waals surface area contributed by atoms with Gasteiger partial charge in [0.05, 0.1) is 26.3 Å². The predicted octanol–water partition coefficient (Wildman–Crippen LogP) is 2.87. The Labute approximate surface area is 145 Å². The second-order valence-corrected chi connectivity index (χ2v) is 6.16. The lowest BCUT2D eigenvalue weighted by Crippen LogP contribution is -2.10. The Balaban J connectivity index is 1.55. The van der Waals surface area contributed by atoms with Gasteiger partial charge in [-0.2, -0.15) is 10.1 Å². The molecule has 2 aromatic heterocycles. The zero-order chi connectivity index (χ0) is 17.2. The predicted molar refractivity (Wildman–Crippen MR) is 90.0 cm³/mol. The van der Waals surface area contributed by atoms with Gasteiger partial charge in [-0.25, -0.2) is 0 Å². The van der Waals surface area contributed by atoms with Crippen LogP contribution in [0.5, 0.6) is 11.5 Å². The largest absolute Gasteiger partial charge is 0.493 e. The van der Waals surface area contributed by atoms with E-state index in [4.69, 9.17) is 14.0 Å². The van der Waals surface area contributed by atoms with Crippen LogP contribution in [-0.2, 0) is 12.8 Å². The fourth-order valence-corrected chi connectivity index (χ4v) is 3.37. The SMILES string of the molecule is COc1ccc(Cc2noc([C@H]3CCCc4[nH]ncc43)n2)cc1OC. The van der Waals surface area contributed by atoms with Crippen LogP contribution < -0.4 is 9.47 Å². The summed E-state index contributed by atoms with van der Waals surface area (Å²) in [6, 6.07) is 5.80. The molecule has 0 unspecified atom stereocenters. The number of aromatic nitrogens is 4. The van der Waals surface area contributed by atoms with Gasteiger partial charge in [0.1, 0.15) is 0 Å². The molecule has 0 aliphatic heterocycles. The van der Waals surface area contributed by atoms with Gasteiger partial charge in [-0.1, -0.05) is 11.2 Å². The molecule has 2 heterocycles. The smallest absolute Gasteiger partial charge is 0.234 e. The average molecular weight is 340 g/mol. The highest BCUT2D eigenvalue weighted by molar-refractivity contribution is 5.43. The van der Waals surface area contributed by atoms with E-state index in [2.05, 4.69) is 20.3 Å². The quantitative estimate of drug-likeness (QED) is 0.768. The normalized spacial score (nSPS) is 16.5. The topological polar surface area (TPSA) is 86.1 Å². The molecule has 1 aliphatic carbocycles. The molecule has 1 aromatic carbocycles. The zero-order valence-electron chi connectivity index (χ0n) is 14.3. The van der Waals surface area contributed by atoms with Crippen molar-refractivity contribution in [3.63, 3.8) is 0 Å². The van der Waals surface area contributed by atoms with Gasteiger partial charge in [-0.15, -0.1) is 0 Å². The summed E-state index contributed by atoms with van der Waals surface area (Å²) in [4.78, 5) is 4.61. The number of hydrogen-bond donors (Lipinski definition) is 1. The van der Waals surface area contributed by atoms with Gasteiger partial charge in [0.15, 0.2) is 17.3 Å². The van der Waals surface area contributed by atoms with E-state index in [-0.39, 0.29) is 5.92 Å². The van der Waals surface area contributed by atoms with Crippen LogP contribution in [0.4, 0.5) is 0 Å². The Bertz CT molecular complexity index is 871. The molecule has 0 amide bonds. The summed E-state index contributed by atoms with van der Waals surface area (Å²) in [6.45, 7) is 0. The maximum absolute atomic E-state index is 5.55. The van der Waals surface area contributed by atoms with E-state index in [1.807, 2.05) is 24.4 Å². The summed E-state index contributed by atoms with van der Waals surface area (Å²) in [5, 5.41) is 11.4. The van der Waals surface area contributed by atoms with E-state index < -0.39 is 0 Å². The molecule has 1 atom stereocenters. The number of methoxy groups -OCH3 is 2. The van der Waals surface area contributed by atoms with Crippen LogP contribution in [-0.4, -0.2) is 34.6 Å². The molecule has 0 fully saturated rings. The van der Waals surface area contributed by atoms with Gasteiger partial charge in [-0.3, -0.25) is 5.10 Å². The van der Waals surface area contributed by atoms with Gasteiger partial charge in [-0.05, 0) is 37.0 Å². The fourth-order valence-electron chi connectivity index (χ4n) is 3.37. The molecule has 130 valence electrons. The minimum Gasteiger partial charge on any atom is -0.493 e. The van der Waals surface area contributed by atoms with E-state index in [1.54, 1.807) is 14.2 Å². The second-order valence-electron chi connectivity index (χ2n) is 6.16. The first-order valence-corrected chi connectivity index (χ1v) is 8.34. The minimum atomic E-state index is 0.133. The van der Waals surface area contributed by atoms with Crippen LogP contribution in [0.2, 0.25) is 0 Å². The first kappa shape index (κ1) is 15.7. The van der Waals surface area contributed by atoms with Gasteiger partial charge >= 0.3 is 0 Å². The molecule has 7 nitrogen and oxygen atoms in total. The van der Waals surface area contributed by atoms with Crippen molar-refractivity contribution in [3.05, 3.63) is 52.9 Å². The Morgan fingerprint density at radius 3 is 2.96 bits per heavy atom. The number of aromatic amines is 1. The molecule has 1 N–H and O–H groups in total. The summed E-state index contributed by atoms with van der Waals surface area (Å²) in [5.74, 6) is 2.86. The highest BCUT2D eigenvalue weighted by Gasteiger charge is 2.28. The molecule has 0 saturated heterocycles. The van der Waals surface area contributed by atoms with E-state index in [0.717, 1.165) is 24.8 Å². The summed E-state index contributed by atoms with van der Waals surface area (Å²) in [7, 11) is 3.25. The van der Waals surface area contributed by atoms with Crippen molar-refractivity contribution in [3.8, 4) is 11.5 Å². The summed E-state index contributed by atoms with van der Waals surface area (Å²) < 4.78 is 16.2. The molecule has 3 aromatic rings. The van der Waals surface area contributed by atoms with Crippen molar-refractivity contribution in [1.29, 1.82) is 0 Å². The lowest BCUT2D eigenvalue weighted by Gasteiger charge is -2.17. The number of fused-ring (bicyclic) bond motifs is 1. The Kier molecular flexibility index (Phi) is 4.13. The number of benzene rings is 1. The van der Waals surface area contributed by atoms with Crippen molar-refractivity contribution in [2.45, 2.75) is 31.6 Å². The molecule has 25 heavy (non-hydrogen) atoms. The molecular weight excluding hydrogens is 320 g/mol. The zero-order valence-corrected chi connectivity index (χ0v) is 14.3. The van der Waals surface area contributed by atoms with Crippen molar-refractivity contribution < 1.29 is 14.0 Å². The highest BCUT2D eigenvalue weighted by Crippen LogP contribution is 2.35.